The second kappa shape index (κ2) is 3.52. The first-order valence-electron chi connectivity index (χ1n) is 3.80. The van der Waals surface area contributed by atoms with E-state index in [9.17, 15) is 4.39 Å². The number of benzene rings is 1. The molecule has 72 valence electrons. The van der Waals surface area contributed by atoms with E-state index in [-0.39, 0.29) is 11.8 Å². The highest BCUT2D eigenvalue weighted by molar-refractivity contribution is 14.1. The molecule has 0 atom stereocenters. The molecule has 0 bridgehead atoms. The van der Waals surface area contributed by atoms with E-state index in [4.69, 9.17) is 5.73 Å². The monoisotopic (exact) mass is 304 g/mol. The number of halogens is 2. The average Bonchev–Trinajstić information content (AvgIpc) is 2.56. The maximum absolute atomic E-state index is 13.3. The number of aromatic nitrogens is 3. The van der Waals surface area contributed by atoms with E-state index in [1.807, 2.05) is 0 Å². The molecule has 4 nitrogen and oxygen atoms in total. The third kappa shape index (κ3) is 1.69. The lowest BCUT2D eigenvalue weighted by Gasteiger charge is -1.98. The van der Waals surface area contributed by atoms with Crippen molar-refractivity contribution in [2.75, 3.05) is 5.73 Å². The van der Waals surface area contributed by atoms with Crippen molar-refractivity contribution in [3.05, 3.63) is 27.6 Å². The van der Waals surface area contributed by atoms with Crippen molar-refractivity contribution in [2.45, 2.75) is 0 Å². The maximum atomic E-state index is 13.3. The van der Waals surface area contributed by atoms with Crippen LogP contribution in [0.5, 0.6) is 0 Å². The van der Waals surface area contributed by atoms with E-state index in [1.54, 1.807) is 12.1 Å². The lowest BCUT2D eigenvalue weighted by molar-refractivity contribution is 0.629. The van der Waals surface area contributed by atoms with Crippen LogP contribution in [-0.2, 0) is 0 Å². The number of rotatable bonds is 1. The summed E-state index contributed by atoms with van der Waals surface area (Å²) >= 11 is 2.10. The Bertz CT molecular complexity index is 468. The molecule has 6 heteroatoms. The van der Waals surface area contributed by atoms with Crippen LogP contribution in [0.1, 0.15) is 0 Å². The Morgan fingerprint density at radius 3 is 2.86 bits per heavy atom. The predicted molar refractivity (Wildman–Crippen MR) is 58.9 cm³/mol. The summed E-state index contributed by atoms with van der Waals surface area (Å²) in [6.45, 7) is 0. The van der Waals surface area contributed by atoms with E-state index in [1.165, 1.54) is 6.07 Å². The summed E-state index contributed by atoms with van der Waals surface area (Å²) in [6, 6.07) is 4.74. The zero-order valence-electron chi connectivity index (χ0n) is 6.96. The van der Waals surface area contributed by atoms with Crippen molar-refractivity contribution in [1.82, 2.24) is 15.2 Å². The number of nitrogens with one attached hydrogen (secondary N) is 1. The van der Waals surface area contributed by atoms with Crippen LogP contribution in [0.4, 0.5) is 10.3 Å². The molecule has 0 unspecified atom stereocenters. The minimum atomic E-state index is -0.346. The summed E-state index contributed by atoms with van der Waals surface area (Å²) < 4.78 is 14.3. The highest BCUT2D eigenvalue weighted by atomic mass is 127. The Balaban J connectivity index is 2.55. The predicted octanol–water partition coefficient (Wildman–Crippen LogP) is 1.80. The van der Waals surface area contributed by atoms with Crippen LogP contribution in [0.3, 0.4) is 0 Å². The maximum Gasteiger partial charge on any atom is 0.239 e. The fourth-order valence-corrected chi connectivity index (χ4v) is 1.57. The smallest absolute Gasteiger partial charge is 0.239 e. The molecule has 0 aliphatic heterocycles. The summed E-state index contributed by atoms with van der Waals surface area (Å²) in [5.41, 5.74) is 5.70. The first-order valence-corrected chi connectivity index (χ1v) is 4.88. The molecule has 0 saturated heterocycles. The van der Waals surface area contributed by atoms with Gasteiger partial charge in [0.2, 0.25) is 5.95 Å². The molecule has 14 heavy (non-hydrogen) atoms. The number of hydrogen-bond donors (Lipinski definition) is 2. The van der Waals surface area contributed by atoms with E-state index < -0.39 is 0 Å². The van der Waals surface area contributed by atoms with Gasteiger partial charge in [0.15, 0.2) is 5.82 Å². The highest BCUT2D eigenvalue weighted by Gasteiger charge is 2.09. The molecule has 2 aromatic rings. The minimum absolute atomic E-state index is 0.110. The zero-order valence-corrected chi connectivity index (χ0v) is 9.12. The van der Waals surface area contributed by atoms with Crippen LogP contribution in [-0.4, -0.2) is 15.2 Å². The van der Waals surface area contributed by atoms with Gasteiger partial charge in [-0.2, -0.15) is 4.98 Å². The Labute approximate surface area is 92.9 Å². The lowest BCUT2D eigenvalue weighted by atomic mass is 10.2. The van der Waals surface area contributed by atoms with Gasteiger partial charge in [-0.1, -0.05) is 0 Å². The third-order valence-corrected chi connectivity index (χ3v) is 2.36. The van der Waals surface area contributed by atoms with Gasteiger partial charge in [0, 0.05) is 3.57 Å². The van der Waals surface area contributed by atoms with Crippen molar-refractivity contribution in [3.8, 4) is 11.4 Å². The van der Waals surface area contributed by atoms with Gasteiger partial charge in [-0.15, -0.1) is 5.10 Å². The zero-order chi connectivity index (χ0) is 10.1. The Morgan fingerprint density at radius 2 is 2.21 bits per heavy atom. The lowest BCUT2D eigenvalue weighted by Crippen LogP contribution is -1.88. The topological polar surface area (TPSA) is 67.6 Å². The molecule has 0 amide bonds. The third-order valence-electron chi connectivity index (χ3n) is 1.69. The summed E-state index contributed by atoms with van der Waals surface area (Å²) in [5, 5.41) is 6.20. The standard InChI is InChI=1S/C8H6FIN4/c9-6-2-1-4(10)3-5(6)7-12-8(11)14-13-7/h1-3H,(H3,11,12,13,14). The molecule has 3 N–H and O–H groups in total. The fraction of sp³-hybridized carbons (Fsp3) is 0. The van der Waals surface area contributed by atoms with Crippen LogP contribution in [0.25, 0.3) is 11.4 Å². The van der Waals surface area contributed by atoms with Crippen LogP contribution in [0.2, 0.25) is 0 Å². The molecule has 0 spiro atoms. The number of nitrogens with two attached hydrogens (primary N) is 1. The van der Waals surface area contributed by atoms with Gasteiger partial charge < -0.3 is 5.73 Å². The molecule has 0 saturated carbocycles. The van der Waals surface area contributed by atoms with Gasteiger partial charge in [0.05, 0.1) is 5.56 Å². The number of anilines is 1. The first kappa shape index (κ1) is 9.38. The van der Waals surface area contributed by atoms with Crippen molar-refractivity contribution >= 4 is 28.5 Å². The number of hydrogen-bond acceptors (Lipinski definition) is 3. The second-order valence-corrected chi connectivity index (χ2v) is 3.91. The Morgan fingerprint density at radius 1 is 1.43 bits per heavy atom. The van der Waals surface area contributed by atoms with Crippen molar-refractivity contribution in [3.63, 3.8) is 0 Å². The first-order chi connectivity index (χ1) is 6.66. The summed E-state index contributed by atoms with van der Waals surface area (Å²) in [5.74, 6) is 0.110. The molecular formula is C8H6FIN4. The largest absolute Gasteiger partial charge is 0.366 e. The normalized spacial score (nSPS) is 10.4. The van der Waals surface area contributed by atoms with Gasteiger partial charge in [-0.3, -0.25) is 5.10 Å². The van der Waals surface area contributed by atoms with E-state index >= 15 is 0 Å². The summed E-state index contributed by atoms with van der Waals surface area (Å²) in [7, 11) is 0. The van der Waals surface area contributed by atoms with Gasteiger partial charge >= 0.3 is 0 Å². The molecule has 0 radical (unpaired) electrons. The molecule has 0 aliphatic carbocycles. The molecule has 1 heterocycles. The fourth-order valence-electron chi connectivity index (χ4n) is 1.07. The van der Waals surface area contributed by atoms with E-state index in [0.29, 0.717) is 11.4 Å². The number of H-pyrrole nitrogens is 1. The highest BCUT2D eigenvalue weighted by Crippen LogP contribution is 2.21. The van der Waals surface area contributed by atoms with Gasteiger partial charge in [0.1, 0.15) is 5.82 Å². The quantitative estimate of drug-likeness (QED) is 0.789. The number of aromatic amines is 1. The van der Waals surface area contributed by atoms with Crippen molar-refractivity contribution in [2.24, 2.45) is 0 Å². The molecular weight excluding hydrogens is 298 g/mol. The minimum Gasteiger partial charge on any atom is -0.366 e. The molecule has 0 fully saturated rings. The summed E-state index contributed by atoms with van der Waals surface area (Å²) in [6.07, 6.45) is 0. The number of nitrogen functional groups attached to an aromatic ring is 1. The number of nitrogens with zero attached hydrogens (tertiary/aromatic N) is 2. The van der Waals surface area contributed by atoms with Crippen LogP contribution < -0.4 is 5.73 Å². The van der Waals surface area contributed by atoms with Crippen molar-refractivity contribution < 1.29 is 4.39 Å². The summed E-state index contributed by atoms with van der Waals surface area (Å²) in [4.78, 5) is 3.85. The van der Waals surface area contributed by atoms with Crippen LogP contribution in [0, 0.1) is 9.39 Å². The molecule has 1 aromatic carbocycles. The molecule has 1 aromatic heterocycles. The average molecular weight is 304 g/mol. The SMILES string of the molecule is Nc1n[nH]c(-c2cc(I)ccc2F)n1. The van der Waals surface area contributed by atoms with Gasteiger partial charge in [-0.05, 0) is 40.8 Å². The second-order valence-electron chi connectivity index (χ2n) is 2.67. The Hall–Kier alpha value is -1.18. The van der Waals surface area contributed by atoms with E-state index in [2.05, 4.69) is 37.8 Å². The van der Waals surface area contributed by atoms with Gasteiger partial charge in [-0.25, -0.2) is 4.39 Å². The van der Waals surface area contributed by atoms with E-state index in [0.717, 1.165) is 3.57 Å². The Kier molecular flexibility index (Phi) is 2.36. The molecule has 2 rings (SSSR count). The van der Waals surface area contributed by atoms with Gasteiger partial charge in [0.25, 0.3) is 0 Å². The van der Waals surface area contributed by atoms with Crippen molar-refractivity contribution in [1.29, 1.82) is 0 Å². The van der Waals surface area contributed by atoms with Crippen LogP contribution >= 0.6 is 22.6 Å². The van der Waals surface area contributed by atoms with Crippen LogP contribution in [0.15, 0.2) is 18.2 Å². The molecule has 0 aliphatic rings.